The van der Waals surface area contributed by atoms with E-state index in [-0.39, 0.29) is 17.9 Å². The van der Waals surface area contributed by atoms with Crippen molar-refractivity contribution in [3.63, 3.8) is 0 Å². The molecule has 1 aromatic rings. The van der Waals surface area contributed by atoms with E-state index in [9.17, 15) is 14.4 Å². The van der Waals surface area contributed by atoms with Gasteiger partial charge < -0.3 is 20.3 Å². The summed E-state index contributed by atoms with van der Waals surface area (Å²) < 4.78 is 5.32. The van der Waals surface area contributed by atoms with Crippen LogP contribution in [0.2, 0.25) is 0 Å². The van der Waals surface area contributed by atoms with Gasteiger partial charge in [0.15, 0.2) is 0 Å². The van der Waals surface area contributed by atoms with Crippen LogP contribution >= 0.6 is 0 Å². The highest BCUT2D eigenvalue weighted by Gasteiger charge is 2.47. The van der Waals surface area contributed by atoms with Gasteiger partial charge in [-0.15, -0.1) is 0 Å². The largest absolute Gasteiger partial charge is 0.444 e. The van der Waals surface area contributed by atoms with Crippen LogP contribution in [0.4, 0.5) is 4.79 Å². The van der Waals surface area contributed by atoms with E-state index in [0.717, 1.165) is 36.8 Å². The summed E-state index contributed by atoms with van der Waals surface area (Å²) in [5.74, 6) is -0.174. The molecule has 1 saturated carbocycles. The summed E-state index contributed by atoms with van der Waals surface area (Å²) in [4.78, 5) is 41.1. The summed E-state index contributed by atoms with van der Waals surface area (Å²) in [6.07, 6.45) is 3.18. The van der Waals surface area contributed by atoms with Gasteiger partial charge in [0, 0.05) is 12.6 Å². The molecule has 184 valence electrons. The van der Waals surface area contributed by atoms with E-state index in [1.807, 2.05) is 31.2 Å². The van der Waals surface area contributed by atoms with Crippen molar-refractivity contribution in [2.24, 2.45) is 5.92 Å². The fraction of sp³-hybridized carbons (Fsp3) is 0.654. The Kier molecular flexibility index (Phi) is 9.32. The predicted molar refractivity (Wildman–Crippen MR) is 130 cm³/mol. The standard InChI is InChI=1S/C26H41N3O4/c1-8-9-12-15-27-23(30)22(20-14-11-10-13-17(20)2)29(21-16-18(21)3)24(31)19(4)28-25(32)33-26(5,6)7/h10-11,13-14,18-19,21-22H,8-9,12,15-16H2,1-7H3,(H,27,30)(H,28,32). The van der Waals surface area contributed by atoms with Gasteiger partial charge in [-0.1, -0.05) is 51.0 Å². The number of benzene rings is 1. The zero-order chi connectivity index (χ0) is 24.8. The Labute approximate surface area is 198 Å². The van der Waals surface area contributed by atoms with Gasteiger partial charge in [0.1, 0.15) is 17.7 Å². The van der Waals surface area contributed by atoms with E-state index in [1.165, 1.54) is 0 Å². The highest BCUT2D eigenvalue weighted by Crippen LogP contribution is 2.41. The van der Waals surface area contributed by atoms with Crippen LogP contribution in [0.25, 0.3) is 0 Å². The normalized spacial score (nSPS) is 19.2. The lowest BCUT2D eigenvalue weighted by molar-refractivity contribution is -0.143. The summed E-state index contributed by atoms with van der Waals surface area (Å²) >= 11 is 0. The van der Waals surface area contributed by atoms with E-state index in [1.54, 1.807) is 32.6 Å². The third-order valence-electron chi connectivity index (χ3n) is 5.87. The second-order valence-electron chi connectivity index (χ2n) is 10.2. The Balaban J connectivity index is 2.32. The van der Waals surface area contributed by atoms with Gasteiger partial charge in [-0.3, -0.25) is 9.59 Å². The molecule has 1 aromatic carbocycles. The third-order valence-corrected chi connectivity index (χ3v) is 5.87. The average molecular weight is 460 g/mol. The Morgan fingerprint density at radius 1 is 1.18 bits per heavy atom. The number of alkyl carbamates (subject to hydrolysis) is 1. The number of carbonyl (C=O) groups is 3. The number of hydrogen-bond acceptors (Lipinski definition) is 4. The zero-order valence-corrected chi connectivity index (χ0v) is 21.2. The maximum Gasteiger partial charge on any atom is 0.408 e. The van der Waals surface area contributed by atoms with Gasteiger partial charge in [0.25, 0.3) is 0 Å². The van der Waals surface area contributed by atoms with Crippen molar-refractivity contribution in [1.29, 1.82) is 0 Å². The van der Waals surface area contributed by atoms with Crippen LogP contribution in [0.3, 0.4) is 0 Å². The molecule has 33 heavy (non-hydrogen) atoms. The fourth-order valence-corrected chi connectivity index (χ4v) is 3.94. The number of amides is 3. The van der Waals surface area contributed by atoms with Gasteiger partial charge in [-0.2, -0.15) is 0 Å². The molecule has 1 aliphatic carbocycles. The van der Waals surface area contributed by atoms with E-state index in [2.05, 4.69) is 24.5 Å². The molecule has 1 aliphatic rings. The highest BCUT2D eigenvalue weighted by atomic mass is 16.6. The minimum absolute atomic E-state index is 0.0496. The molecular formula is C26H41N3O4. The quantitative estimate of drug-likeness (QED) is 0.505. The fourth-order valence-electron chi connectivity index (χ4n) is 3.94. The number of aryl methyl sites for hydroxylation is 1. The maximum absolute atomic E-state index is 13.7. The lowest BCUT2D eigenvalue weighted by Crippen LogP contribution is -2.53. The first-order valence-corrected chi connectivity index (χ1v) is 12.1. The molecule has 2 N–H and O–H groups in total. The summed E-state index contributed by atoms with van der Waals surface area (Å²) in [7, 11) is 0. The van der Waals surface area contributed by atoms with Gasteiger partial charge in [-0.05, 0) is 64.5 Å². The van der Waals surface area contributed by atoms with Crippen LogP contribution in [0.1, 0.15) is 84.4 Å². The number of carbonyl (C=O) groups excluding carboxylic acids is 3. The first-order chi connectivity index (χ1) is 15.5. The molecule has 0 radical (unpaired) electrons. The Hall–Kier alpha value is -2.57. The summed E-state index contributed by atoms with van der Waals surface area (Å²) in [5, 5.41) is 5.69. The van der Waals surface area contributed by atoms with Crippen molar-refractivity contribution in [3.8, 4) is 0 Å². The number of nitrogens with one attached hydrogen (secondary N) is 2. The van der Waals surface area contributed by atoms with Gasteiger partial charge >= 0.3 is 6.09 Å². The van der Waals surface area contributed by atoms with E-state index in [4.69, 9.17) is 4.74 Å². The van der Waals surface area contributed by atoms with Crippen LogP contribution in [0, 0.1) is 12.8 Å². The van der Waals surface area contributed by atoms with Crippen molar-refractivity contribution in [2.45, 2.75) is 97.9 Å². The summed E-state index contributed by atoms with van der Waals surface area (Å²) in [6.45, 7) is 13.7. The first-order valence-electron chi connectivity index (χ1n) is 12.1. The first kappa shape index (κ1) is 26.7. The van der Waals surface area contributed by atoms with Crippen LogP contribution < -0.4 is 10.6 Å². The van der Waals surface area contributed by atoms with Crippen LogP contribution in [0.15, 0.2) is 24.3 Å². The molecule has 0 aliphatic heterocycles. The number of nitrogens with zero attached hydrogens (tertiary/aromatic N) is 1. The SMILES string of the molecule is CCCCCNC(=O)C(c1ccccc1C)N(C(=O)C(C)NC(=O)OC(C)(C)C)C1CC1C. The number of unbranched alkanes of at least 4 members (excludes halogenated alkanes) is 2. The van der Waals surface area contributed by atoms with Crippen molar-refractivity contribution in [2.75, 3.05) is 6.54 Å². The van der Waals surface area contributed by atoms with Crippen LogP contribution in [0.5, 0.6) is 0 Å². The summed E-state index contributed by atoms with van der Waals surface area (Å²) in [5.41, 5.74) is 1.09. The minimum atomic E-state index is -0.827. The Morgan fingerprint density at radius 3 is 2.36 bits per heavy atom. The third kappa shape index (κ3) is 7.76. The van der Waals surface area contributed by atoms with Crippen molar-refractivity contribution >= 4 is 17.9 Å². The smallest absolute Gasteiger partial charge is 0.408 e. The number of hydrogen-bond donors (Lipinski definition) is 2. The monoisotopic (exact) mass is 459 g/mol. The van der Waals surface area contributed by atoms with Crippen molar-refractivity contribution in [3.05, 3.63) is 35.4 Å². The lowest BCUT2D eigenvalue weighted by atomic mass is 9.97. The molecule has 0 saturated heterocycles. The van der Waals surface area contributed by atoms with Gasteiger partial charge in [0.2, 0.25) is 11.8 Å². The molecule has 1 fully saturated rings. The molecule has 7 heteroatoms. The predicted octanol–water partition coefficient (Wildman–Crippen LogP) is 4.49. The van der Waals surface area contributed by atoms with Crippen LogP contribution in [-0.2, 0) is 14.3 Å². The molecule has 7 nitrogen and oxygen atoms in total. The molecule has 0 heterocycles. The van der Waals surface area contributed by atoms with Gasteiger partial charge in [-0.25, -0.2) is 4.79 Å². The Morgan fingerprint density at radius 2 is 1.82 bits per heavy atom. The van der Waals surface area contributed by atoms with E-state index >= 15 is 0 Å². The molecule has 2 rings (SSSR count). The minimum Gasteiger partial charge on any atom is -0.444 e. The molecule has 4 unspecified atom stereocenters. The average Bonchev–Trinajstić information content (AvgIpc) is 3.43. The molecule has 0 aromatic heterocycles. The molecule has 3 amide bonds. The van der Waals surface area contributed by atoms with Crippen molar-refractivity contribution < 1.29 is 19.1 Å². The van der Waals surface area contributed by atoms with Crippen molar-refractivity contribution in [1.82, 2.24) is 15.5 Å². The van der Waals surface area contributed by atoms with E-state index < -0.39 is 23.8 Å². The zero-order valence-electron chi connectivity index (χ0n) is 21.2. The molecule has 0 spiro atoms. The van der Waals surface area contributed by atoms with Crippen LogP contribution in [-0.4, -0.2) is 47.0 Å². The molecular weight excluding hydrogens is 418 g/mol. The maximum atomic E-state index is 13.7. The van der Waals surface area contributed by atoms with Gasteiger partial charge in [0.05, 0.1) is 0 Å². The van der Waals surface area contributed by atoms with E-state index in [0.29, 0.717) is 12.5 Å². The topological polar surface area (TPSA) is 87.7 Å². The lowest BCUT2D eigenvalue weighted by Gasteiger charge is -2.35. The Bertz CT molecular complexity index is 833. The second-order valence-corrected chi connectivity index (χ2v) is 10.2. The summed E-state index contributed by atoms with van der Waals surface area (Å²) in [6, 6.07) is 6.05. The highest BCUT2D eigenvalue weighted by molar-refractivity contribution is 5.92. The molecule has 0 bridgehead atoms. The number of ether oxygens (including phenoxy) is 1. The number of rotatable bonds is 10. The second kappa shape index (κ2) is 11.5. The molecule has 4 atom stereocenters.